The number of aliphatic carboxylic acids is 1. The van der Waals surface area contributed by atoms with Crippen molar-refractivity contribution in [3.05, 3.63) is 34.3 Å². The van der Waals surface area contributed by atoms with Crippen LogP contribution in [0.2, 0.25) is 5.02 Å². The number of likely N-dealkylation sites (N-methyl/N-ethyl adjacent to an activating group) is 1. The van der Waals surface area contributed by atoms with Crippen LogP contribution in [0.15, 0.2) is 18.2 Å². The van der Waals surface area contributed by atoms with Crippen molar-refractivity contribution in [2.45, 2.75) is 33.2 Å². The molecule has 0 aromatic heterocycles. The van der Waals surface area contributed by atoms with E-state index in [-0.39, 0.29) is 0 Å². The fourth-order valence-electron chi connectivity index (χ4n) is 2.13. The molecule has 0 amide bonds. The molecule has 0 fully saturated rings. The fourth-order valence-corrected chi connectivity index (χ4v) is 2.36. The van der Waals surface area contributed by atoms with Gasteiger partial charge < -0.3 is 5.11 Å². The van der Waals surface area contributed by atoms with E-state index in [1.807, 2.05) is 43.9 Å². The van der Waals surface area contributed by atoms with Crippen LogP contribution in [0.25, 0.3) is 0 Å². The summed E-state index contributed by atoms with van der Waals surface area (Å²) in [7, 11) is 0. The molecule has 0 radical (unpaired) electrons. The first-order valence-corrected chi connectivity index (χ1v) is 6.59. The summed E-state index contributed by atoms with van der Waals surface area (Å²) < 4.78 is 0. The molecule has 1 rings (SSSR count). The van der Waals surface area contributed by atoms with Crippen LogP contribution in [-0.4, -0.2) is 35.1 Å². The van der Waals surface area contributed by atoms with Crippen molar-refractivity contribution in [2.24, 2.45) is 0 Å². The molecule has 100 valence electrons. The lowest BCUT2D eigenvalue weighted by atomic mass is 10.00. The Balaban J connectivity index is 2.93. The number of halogens is 1. The summed E-state index contributed by atoms with van der Waals surface area (Å²) in [6.45, 7) is 7.39. The van der Waals surface area contributed by atoms with Crippen molar-refractivity contribution in [3.8, 4) is 0 Å². The maximum absolute atomic E-state index is 11.4. The molecule has 0 bridgehead atoms. The Hall–Kier alpha value is -1.06. The Morgan fingerprint density at radius 3 is 2.44 bits per heavy atom. The summed E-state index contributed by atoms with van der Waals surface area (Å²) in [6.07, 6.45) is 0.514. The number of carboxylic acid groups (broad SMARTS) is 1. The van der Waals surface area contributed by atoms with Gasteiger partial charge in [0, 0.05) is 5.02 Å². The van der Waals surface area contributed by atoms with Crippen molar-refractivity contribution >= 4 is 17.6 Å². The lowest BCUT2D eigenvalue weighted by molar-refractivity contribution is -0.143. The maximum Gasteiger partial charge on any atom is 0.321 e. The van der Waals surface area contributed by atoms with Crippen LogP contribution < -0.4 is 0 Å². The van der Waals surface area contributed by atoms with Crippen molar-refractivity contribution in [3.63, 3.8) is 0 Å². The van der Waals surface area contributed by atoms with Crippen molar-refractivity contribution in [2.75, 3.05) is 13.1 Å². The van der Waals surface area contributed by atoms with Crippen LogP contribution in [0.3, 0.4) is 0 Å². The molecule has 1 atom stereocenters. The number of hydrogen-bond acceptors (Lipinski definition) is 2. The Morgan fingerprint density at radius 1 is 1.39 bits per heavy atom. The van der Waals surface area contributed by atoms with Crippen molar-refractivity contribution < 1.29 is 9.90 Å². The lowest BCUT2D eigenvalue weighted by Gasteiger charge is -2.26. The van der Waals surface area contributed by atoms with Crippen LogP contribution in [0.1, 0.15) is 25.0 Å². The van der Waals surface area contributed by atoms with E-state index in [1.54, 1.807) is 0 Å². The molecule has 1 aromatic carbocycles. The molecular formula is C14H20ClNO2. The Labute approximate surface area is 113 Å². The van der Waals surface area contributed by atoms with E-state index in [9.17, 15) is 9.90 Å². The minimum atomic E-state index is -0.770. The lowest BCUT2D eigenvalue weighted by Crippen LogP contribution is -2.42. The molecule has 0 heterocycles. The van der Waals surface area contributed by atoms with E-state index in [2.05, 4.69) is 0 Å². The largest absolute Gasteiger partial charge is 0.480 e. The molecule has 18 heavy (non-hydrogen) atoms. The zero-order valence-electron chi connectivity index (χ0n) is 11.1. The smallest absolute Gasteiger partial charge is 0.321 e. The van der Waals surface area contributed by atoms with Crippen molar-refractivity contribution in [1.82, 2.24) is 4.90 Å². The molecule has 1 aromatic rings. The highest BCUT2D eigenvalue weighted by molar-refractivity contribution is 6.30. The number of benzene rings is 1. The summed E-state index contributed by atoms with van der Waals surface area (Å²) in [5.74, 6) is -0.770. The summed E-state index contributed by atoms with van der Waals surface area (Å²) in [6, 6.07) is 5.13. The Bertz CT molecular complexity index is 416. The second kappa shape index (κ2) is 6.76. The highest BCUT2D eigenvalue weighted by atomic mass is 35.5. The molecule has 0 saturated heterocycles. The average Bonchev–Trinajstić information content (AvgIpc) is 2.31. The molecule has 0 unspecified atom stereocenters. The summed E-state index contributed by atoms with van der Waals surface area (Å²) in [4.78, 5) is 13.3. The zero-order chi connectivity index (χ0) is 13.7. The molecule has 1 N–H and O–H groups in total. The van der Waals surface area contributed by atoms with Gasteiger partial charge in [0.15, 0.2) is 0 Å². The van der Waals surface area contributed by atoms with E-state index < -0.39 is 12.0 Å². The SMILES string of the molecule is CCN(CC)[C@H](Cc1ccc(Cl)cc1C)C(=O)O. The van der Waals surface area contributed by atoms with Gasteiger partial charge in [0.1, 0.15) is 6.04 Å². The topological polar surface area (TPSA) is 40.5 Å². The monoisotopic (exact) mass is 269 g/mol. The number of aryl methyl sites for hydroxylation is 1. The van der Waals surface area contributed by atoms with Gasteiger partial charge in [0.05, 0.1) is 0 Å². The van der Waals surface area contributed by atoms with Gasteiger partial charge in [-0.25, -0.2) is 0 Å². The quantitative estimate of drug-likeness (QED) is 0.863. The third-order valence-corrected chi connectivity index (χ3v) is 3.49. The number of carboxylic acids is 1. The first-order valence-electron chi connectivity index (χ1n) is 6.21. The minimum Gasteiger partial charge on any atom is -0.480 e. The molecule has 0 aliphatic rings. The summed E-state index contributed by atoms with van der Waals surface area (Å²) >= 11 is 5.91. The second-order valence-corrected chi connectivity index (χ2v) is 4.79. The Kier molecular flexibility index (Phi) is 5.63. The maximum atomic E-state index is 11.4. The average molecular weight is 270 g/mol. The van der Waals surface area contributed by atoms with Gasteiger partial charge in [-0.15, -0.1) is 0 Å². The molecule has 3 nitrogen and oxygen atoms in total. The molecular weight excluding hydrogens is 250 g/mol. The van der Waals surface area contributed by atoms with Gasteiger partial charge in [-0.3, -0.25) is 9.69 Å². The Morgan fingerprint density at radius 2 is 2.00 bits per heavy atom. The number of rotatable bonds is 6. The van der Waals surface area contributed by atoms with Crippen molar-refractivity contribution in [1.29, 1.82) is 0 Å². The summed E-state index contributed by atoms with van der Waals surface area (Å²) in [5, 5.41) is 10.0. The van der Waals surface area contributed by atoms with E-state index in [1.165, 1.54) is 0 Å². The van der Waals surface area contributed by atoms with Crippen LogP contribution in [0.4, 0.5) is 0 Å². The normalized spacial score (nSPS) is 12.7. The molecule has 0 saturated carbocycles. The number of carbonyl (C=O) groups is 1. The minimum absolute atomic E-state index is 0.472. The fraction of sp³-hybridized carbons (Fsp3) is 0.500. The highest BCUT2D eigenvalue weighted by Gasteiger charge is 2.24. The van der Waals surface area contributed by atoms with Gasteiger partial charge in [0.25, 0.3) is 0 Å². The van der Waals surface area contributed by atoms with Crippen LogP contribution in [-0.2, 0) is 11.2 Å². The first-order chi connectivity index (χ1) is 8.49. The van der Waals surface area contributed by atoms with Gasteiger partial charge in [-0.1, -0.05) is 31.5 Å². The molecule has 0 aliphatic carbocycles. The first kappa shape index (κ1) is 15.0. The molecule has 4 heteroatoms. The van der Waals surface area contributed by atoms with Crippen LogP contribution in [0, 0.1) is 6.92 Å². The highest BCUT2D eigenvalue weighted by Crippen LogP contribution is 2.18. The van der Waals surface area contributed by atoms with E-state index >= 15 is 0 Å². The number of hydrogen-bond donors (Lipinski definition) is 1. The van der Waals surface area contributed by atoms with Gasteiger partial charge in [-0.05, 0) is 49.7 Å². The van der Waals surface area contributed by atoms with E-state index in [0.717, 1.165) is 24.2 Å². The second-order valence-electron chi connectivity index (χ2n) is 4.35. The number of nitrogens with zero attached hydrogens (tertiary/aromatic N) is 1. The predicted octanol–water partition coefficient (Wildman–Crippen LogP) is 2.99. The molecule has 0 aliphatic heterocycles. The standard InChI is InChI=1S/C14H20ClNO2/c1-4-16(5-2)13(14(17)18)9-11-6-7-12(15)8-10(11)3/h6-8,13H,4-5,9H2,1-3H3,(H,17,18)/t13-/m1/s1. The third kappa shape index (κ3) is 3.72. The van der Waals surface area contributed by atoms with Crippen LogP contribution >= 0.6 is 11.6 Å². The van der Waals surface area contributed by atoms with E-state index in [4.69, 9.17) is 11.6 Å². The van der Waals surface area contributed by atoms with E-state index in [0.29, 0.717) is 11.4 Å². The van der Waals surface area contributed by atoms with Crippen LogP contribution in [0.5, 0.6) is 0 Å². The third-order valence-electron chi connectivity index (χ3n) is 3.26. The molecule has 0 spiro atoms. The zero-order valence-corrected chi connectivity index (χ0v) is 11.9. The van der Waals surface area contributed by atoms with Gasteiger partial charge in [0.2, 0.25) is 0 Å². The van der Waals surface area contributed by atoms with Gasteiger partial charge >= 0.3 is 5.97 Å². The predicted molar refractivity (Wildman–Crippen MR) is 74.2 cm³/mol. The van der Waals surface area contributed by atoms with Gasteiger partial charge in [-0.2, -0.15) is 0 Å². The summed E-state index contributed by atoms with van der Waals surface area (Å²) in [5.41, 5.74) is 2.08.